The van der Waals surface area contributed by atoms with Crippen molar-refractivity contribution in [3.8, 4) is 0 Å². The highest BCUT2D eigenvalue weighted by molar-refractivity contribution is 5.37. The molecule has 1 fully saturated rings. The van der Waals surface area contributed by atoms with Gasteiger partial charge in [0, 0.05) is 19.3 Å². The number of nitrogens with zero attached hydrogens (tertiary/aromatic N) is 2. The van der Waals surface area contributed by atoms with Gasteiger partial charge in [0.25, 0.3) is 0 Å². The van der Waals surface area contributed by atoms with Gasteiger partial charge >= 0.3 is 0 Å². The molecule has 1 aromatic heterocycles. The Morgan fingerprint density at radius 2 is 2.53 bits per heavy atom. The number of rotatable bonds is 6. The van der Waals surface area contributed by atoms with E-state index in [1.54, 1.807) is 0 Å². The lowest BCUT2D eigenvalue weighted by molar-refractivity contribution is 0.0940. The third kappa shape index (κ3) is 3.73. The molecule has 2 rings (SSSR count). The van der Waals surface area contributed by atoms with E-state index in [4.69, 9.17) is 4.74 Å². The van der Waals surface area contributed by atoms with Crippen LogP contribution >= 0.6 is 0 Å². The highest BCUT2D eigenvalue weighted by Gasteiger charge is 2.16. The fraction of sp³-hybridized carbons (Fsp3) is 0.769. The molecule has 17 heavy (non-hydrogen) atoms. The Kier molecular flexibility index (Phi) is 4.42. The molecule has 1 aliphatic heterocycles. The van der Waals surface area contributed by atoms with Gasteiger partial charge in [-0.1, -0.05) is 20.3 Å². The lowest BCUT2D eigenvalue weighted by atomic mass is 10.1. The fourth-order valence-corrected chi connectivity index (χ4v) is 1.99. The third-order valence-electron chi connectivity index (χ3n) is 3.40. The van der Waals surface area contributed by atoms with Crippen LogP contribution in [-0.4, -0.2) is 29.0 Å². The van der Waals surface area contributed by atoms with Crippen LogP contribution in [0.2, 0.25) is 0 Å². The number of nitrogens with one attached hydrogen (secondary N) is 1. The van der Waals surface area contributed by atoms with E-state index in [1.165, 1.54) is 12.8 Å². The van der Waals surface area contributed by atoms with E-state index in [-0.39, 0.29) is 0 Å². The summed E-state index contributed by atoms with van der Waals surface area (Å²) in [6, 6.07) is 0. The second-order valence-electron chi connectivity index (χ2n) is 4.98. The van der Waals surface area contributed by atoms with Gasteiger partial charge in [0.15, 0.2) is 0 Å². The van der Waals surface area contributed by atoms with E-state index >= 15 is 0 Å². The molecule has 0 bridgehead atoms. The summed E-state index contributed by atoms with van der Waals surface area (Å²) in [6.07, 6.45) is 7.89. The average Bonchev–Trinajstić information content (AvgIpc) is 2.98. The number of hydrogen-bond donors (Lipinski definition) is 1. The Labute approximate surface area is 103 Å². The zero-order valence-corrected chi connectivity index (χ0v) is 10.9. The number of ether oxygens (including phenoxy) is 1. The minimum absolute atomic E-state index is 0.359. The van der Waals surface area contributed by atoms with Gasteiger partial charge in [-0.2, -0.15) is 5.10 Å². The van der Waals surface area contributed by atoms with E-state index in [1.807, 2.05) is 10.9 Å². The van der Waals surface area contributed by atoms with Crippen LogP contribution in [0.1, 0.15) is 33.1 Å². The van der Waals surface area contributed by atoms with Gasteiger partial charge in [0.05, 0.1) is 24.5 Å². The van der Waals surface area contributed by atoms with Crippen LogP contribution in [0.25, 0.3) is 0 Å². The normalized spacial score (nSPS) is 21.6. The number of hydrogen-bond acceptors (Lipinski definition) is 3. The molecule has 2 heterocycles. The van der Waals surface area contributed by atoms with Gasteiger partial charge in [0.1, 0.15) is 0 Å². The lowest BCUT2D eigenvalue weighted by Crippen LogP contribution is -2.15. The molecule has 1 saturated heterocycles. The molecule has 0 amide bonds. The highest BCUT2D eigenvalue weighted by Crippen LogP contribution is 2.15. The molecule has 4 heteroatoms. The lowest BCUT2D eigenvalue weighted by Gasteiger charge is -2.10. The Morgan fingerprint density at radius 1 is 1.65 bits per heavy atom. The highest BCUT2D eigenvalue weighted by atomic mass is 16.5. The third-order valence-corrected chi connectivity index (χ3v) is 3.40. The summed E-state index contributed by atoms with van der Waals surface area (Å²) in [6.45, 7) is 7.27. The number of aromatic nitrogens is 2. The first-order valence-electron chi connectivity index (χ1n) is 6.66. The van der Waals surface area contributed by atoms with Crippen LogP contribution in [0.4, 0.5) is 5.69 Å². The van der Waals surface area contributed by atoms with Gasteiger partial charge in [-0.15, -0.1) is 0 Å². The predicted molar refractivity (Wildman–Crippen MR) is 69.1 cm³/mol. The van der Waals surface area contributed by atoms with Crippen molar-refractivity contribution in [1.29, 1.82) is 0 Å². The van der Waals surface area contributed by atoms with Gasteiger partial charge in [-0.05, 0) is 18.8 Å². The first kappa shape index (κ1) is 12.4. The summed E-state index contributed by atoms with van der Waals surface area (Å²) in [4.78, 5) is 0. The van der Waals surface area contributed by atoms with Crippen LogP contribution in [0.5, 0.6) is 0 Å². The molecular formula is C13H23N3O. The molecule has 1 N–H and O–H groups in total. The number of anilines is 1. The minimum atomic E-state index is 0.359. The molecule has 0 radical (unpaired) electrons. The van der Waals surface area contributed by atoms with Crippen molar-refractivity contribution in [1.82, 2.24) is 9.78 Å². The van der Waals surface area contributed by atoms with Crippen LogP contribution in [0.3, 0.4) is 0 Å². The summed E-state index contributed by atoms with van der Waals surface area (Å²) >= 11 is 0. The van der Waals surface area contributed by atoms with Crippen LogP contribution in [0, 0.1) is 5.92 Å². The average molecular weight is 237 g/mol. The van der Waals surface area contributed by atoms with E-state index in [9.17, 15) is 0 Å². The summed E-state index contributed by atoms with van der Waals surface area (Å²) in [5.41, 5.74) is 1.11. The van der Waals surface area contributed by atoms with Crippen LogP contribution in [-0.2, 0) is 11.3 Å². The molecule has 0 spiro atoms. The zero-order chi connectivity index (χ0) is 12.1. The zero-order valence-electron chi connectivity index (χ0n) is 10.9. The first-order chi connectivity index (χ1) is 8.28. The SMILES string of the molecule is CCC(C)CNc1cnn(CC2CCCO2)c1. The first-order valence-corrected chi connectivity index (χ1v) is 6.66. The molecular weight excluding hydrogens is 214 g/mol. The second kappa shape index (κ2) is 6.05. The fourth-order valence-electron chi connectivity index (χ4n) is 1.99. The molecule has 2 unspecified atom stereocenters. The van der Waals surface area contributed by atoms with Crippen molar-refractivity contribution in [2.45, 2.75) is 45.8 Å². The Morgan fingerprint density at radius 3 is 3.24 bits per heavy atom. The summed E-state index contributed by atoms with van der Waals surface area (Å²) in [5, 5.41) is 7.77. The Hall–Kier alpha value is -1.03. The maximum absolute atomic E-state index is 5.60. The standard InChI is InChI=1S/C13H23N3O/c1-3-11(2)7-14-12-8-15-16(9-12)10-13-5-4-6-17-13/h8-9,11,13-14H,3-7,10H2,1-2H3. The van der Waals surface area contributed by atoms with E-state index < -0.39 is 0 Å². The minimum Gasteiger partial charge on any atom is -0.382 e. The Bertz CT molecular complexity index is 331. The van der Waals surface area contributed by atoms with Gasteiger partial charge < -0.3 is 10.1 Å². The quantitative estimate of drug-likeness (QED) is 0.826. The monoisotopic (exact) mass is 237 g/mol. The van der Waals surface area contributed by atoms with E-state index in [0.29, 0.717) is 12.0 Å². The van der Waals surface area contributed by atoms with E-state index in [2.05, 4.69) is 30.5 Å². The molecule has 0 saturated carbocycles. The molecule has 96 valence electrons. The van der Waals surface area contributed by atoms with Crippen molar-refractivity contribution in [2.24, 2.45) is 5.92 Å². The molecule has 0 aromatic carbocycles. The predicted octanol–water partition coefficient (Wildman–Crippen LogP) is 2.52. The second-order valence-corrected chi connectivity index (χ2v) is 4.98. The molecule has 1 aromatic rings. The van der Waals surface area contributed by atoms with Gasteiger partial charge in [-0.25, -0.2) is 0 Å². The van der Waals surface area contributed by atoms with Crippen molar-refractivity contribution in [2.75, 3.05) is 18.5 Å². The summed E-state index contributed by atoms with van der Waals surface area (Å²) < 4.78 is 7.58. The molecule has 2 atom stereocenters. The smallest absolute Gasteiger partial charge is 0.0771 e. The maximum Gasteiger partial charge on any atom is 0.0771 e. The van der Waals surface area contributed by atoms with Crippen LogP contribution in [0.15, 0.2) is 12.4 Å². The molecule has 4 nitrogen and oxygen atoms in total. The summed E-state index contributed by atoms with van der Waals surface area (Å²) in [5.74, 6) is 0.705. The topological polar surface area (TPSA) is 39.1 Å². The Balaban J connectivity index is 1.78. The van der Waals surface area contributed by atoms with Gasteiger partial charge in [-0.3, -0.25) is 4.68 Å². The van der Waals surface area contributed by atoms with Crippen molar-refractivity contribution in [3.05, 3.63) is 12.4 Å². The van der Waals surface area contributed by atoms with Crippen molar-refractivity contribution in [3.63, 3.8) is 0 Å². The van der Waals surface area contributed by atoms with Crippen molar-refractivity contribution >= 4 is 5.69 Å². The maximum atomic E-state index is 5.60. The molecule has 1 aliphatic rings. The van der Waals surface area contributed by atoms with Crippen LogP contribution < -0.4 is 5.32 Å². The van der Waals surface area contributed by atoms with Gasteiger partial charge in [0.2, 0.25) is 0 Å². The van der Waals surface area contributed by atoms with Crippen molar-refractivity contribution < 1.29 is 4.74 Å². The van der Waals surface area contributed by atoms with E-state index in [0.717, 1.165) is 31.8 Å². The largest absolute Gasteiger partial charge is 0.382 e. The summed E-state index contributed by atoms with van der Waals surface area (Å²) in [7, 11) is 0. The molecule has 0 aliphatic carbocycles.